The summed E-state index contributed by atoms with van der Waals surface area (Å²) in [7, 11) is 0. The monoisotopic (exact) mass is 194 g/mol. The lowest BCUT2D eigenvalue weighted by molar-refractivity contribution is -0.116. The molecule has 1 aliphatic carbocycles. The summed E-state index contributed by atoms with van der Waals surface area (Å²) in [6.07, 6.45) is 10.3. The van der Waals surface area contributed by atoms with E-state index in [9.17, 15) is 4.79 Å². The predicted octanol–water partition coefficient (Wildman–Crippen LogP) is 3.88. The van der Waals surface area contributed by atoms with Gasteiger partial charge in [-0.3, -0.25) is 4.79 Å². The van der Waals surface area contributed by atoms with E-state index in [4.69, 9.17) is 0 Å². The summed E-state index contributed by atoms with van der Waals surface area (Å²) in [5.41, 5.74) is 1.28. The Morgan fingerprint density at radius 2 is 2.07 bits per heavy atom. The summed E-state index contributed by atoms with van der Waals surface area (Å²) in [6, 6.07) is 0. The van der Waals surface area contributed by atoms with Crippen molar-refractivity contribution in [2.24, 2.45) is 5.92 Å². The summed E-state index contributed by atoms with van der Waals surface area (Å²) in [5.74, 6) is 0.985. The van der Waals surface area contributed by atoms with Crippen LogP contribution in [-0.2, 0) is 4.79 Å². The van der Waals surface area contributed by atoms with E-state index in [0.717, 1.165) is 12.8 Å². The lowest BCUT2D eigenvalue weighted by atomic mass is 9.85. The van der Waals surface area contributed by atoms with Crippen molar-refractivity contribution in [1.82, 2.24) is 0 Å². The Balaban J connectivity index is 2.20. The second-order valence-electron chi connectivity index (χ2n) is 4.58. The molecule has 0 fully saturated rings. The molecule has 1 rings (SSSR count). The molecule has 1 aliphatic rings. The number of ketones is 1. The fraction of sp³-hybridized carbons (Fsp3) is 0.769. The number of carbonyl (C=O) groups is 1. The number of carbonyl (C=O) groups excluding carboxylic acids is 1. The summed E-state index contributed by atoms with van der Waals surface area (Å²) in [6.45, 7) is 4.31. The van der Waals surface area contributed by atoms with Gasteiger partial charge in [0.1, 0.15) is 0 Å². The molecule has 14 heavy (non-hydrogen) atoms. The van der Waals surface area contributed by atoms with Gasteiger partial charge in [0.2, 0.25) is 0 Å². The first-order valence-corrected chi connectivity index (χ1v) is 5.92. The van der Waals surface area contributed by atoms with Gasteiger partial charge in [0, 0.05) is 6.42 Å². The van der Waals surface area contributed by atoms with Crippen LogP contribution >= 0.6 is 0 Å². The van der Waals surface area contributed by atoms with Crippen LogP contribution in [0.1, 0.15) is 58.8 Å². The van der Waals surface area contributed by atoms with Crippen molar-refractivity contribution >= 4 is 5.78 Å². The van der Waals surface area contributed by atoms with Gasteiger partial charge in [-0.2, -0.15) is 0 Å². The molecule has 80 valence electrons. The van der Waals surface area contributed by atoms with Crippen LogP contribution in [-0.4, -0.2) is 5.78 Å². The summed E-state index contributed by atoms with van der Waals surface area (Å²) in [4.78, 5) is 11.3. The quantitative estimate of drug-likeness (QED) is 0.607. The molecule has 0 radical (unpaired) electrons. The molecule has 0 saturated carbocycles. The molecule has 0 saturated heterocycles. The van der Waals surface area contributed by atoms with Crippen molar-refractivity contribution in [3.8, 4) is 0 Å². The first kappa shape index (κ1) is 11.5. The number of unbranched alkanes of at least 4 members (excludes halogenated alkanes) is 3. The zero-order chi connectivity index (χ0) is 10.4. The van der Waals surface area contributed by atoms with Gasteiger partial charge in [-0.1, -0.05) is 38.2 Å². The Bertz CT molecular complexity index is 215. The van der Waals surface area contributed by atoms with Crippen LogP contribution in [0.3, 0.4) is 0 Å². The highest BCUT2D eigenvalue weighted by atomic mass is 16.1. The SMILES string of the molecule is CCCCCC[C@@H]1CC(=O)C=C(C)C1. The highest BCUT2D eigenvalue weighted by Gasteiger charge is 2.17. The third kappa shape index (κ3) is 4.08. The molecule has 0 aromatic heterocycles. The predicted molar refractivity (Wildman–Crippen MR) is 60.2 cm³/mol. The van der Waals surface area contributed by atoms with Crippen LogP contribution in [0.2, 0.25) is 0 Å². The van der Waals surface area contributed by atoms with Crippen LogP contribution in [0.5, 0.6) is 0 Å². The van der Waals surface area contributed by atoms with Crippen LogP contribution in [0.25, 0.3) is 0 Å². The van der Waals surface area contributed by atoms with E-state index in [1.807, 2.05) is 6.08 Å². The van der Waals surface area contributed by atoms with Gasteiger partial charge in [0.05, 0.1) is 0 Å². The molecule has 0 N–H and O–H groups in total. The lowest BCUT2D eigenvalue weighted by Gasteiger charge is -2.19. The largest absolute Gasteiger partial charge is 0.295 e. The molecular formula is C13H22O. The number of rotatable bonds is 5. The maximum absolute atomic E-state index is 11.3. The van der Waals surface area contributed by atoms with Crippen molar-refractivity contribution in [2.45, 2.75) is 58.8 Å². The van der Waals surface area contributed by atoms with Crippen molar-refractivity contribution in [1.29, 1.82) is 0 Å². The van der Waals surface area contributed by atoms with E-state index >= 15 is 0 Å². The van der Waals surface area contributed by atoms with Crippen LogP contribution in [0, 0.1) is 5.92 Å². The number of hydrogen-bond acceptors (Lipinski definition) is 1. The first-order valence-electron chi connectivity index (χ1n) is 5.92. The fourth-order valence-corrected chi connectivity index (χ4v) is 2.27. The van der Waals surface area contributed by atoms with Crippen molar-refractivity contribution < 1.29 is 4.79 Å². The molecule has 0 amide bonds. The average Bonchev–Trinajstić information content (AvgIpc) is 2.11. The molecular weight excluding hydrogens is 172 g/mol. The lowest BCUT2D eigenvalue weighted by Crippen LogP contribution is -2.13. The Labute approximate surface area is 87.6 Å². The molecule has 0 unspecified atom stereocenters. The smallest absolute Gasteiger partial charge is 0.155 e. The third-order valence-electron chi connectivity index (χ3n) is 2.97. The Kier molecular flexibility index (Phi) is 4.92. The first-order chi connectivity index (χ1) is 6.72. The van der Waals surface area contributed by atoms with Gasteiger partial charge < -0.3 is 0 Å². The molecule has 0 spiro atoms. The fourth-order valence-electron chi connectivity index (χ4n) is 2.27. The standard InChI is InChI=1S/C13H22O/c1-3-4-5-6-7-12-8-11(2)9-13(14)10-12/h9,12H,3-8,10H2,1-2H3/t12-/m0/s1. The van der Waals surface area contributed by atoms with Gasteiger partial charge in [-0.15, -0.1) is 0 Å². The molecule has 0 heterocycles. The summed E-state index contributed by atoms with van der Waals surface area (Å²) in [5, 5.41) is 0. The van der Waals surface area contributed by atoms with Gasteiger partial charge in [0.25, 0.3) is 0 Å². The van der Waals surface area contributed by atoms with Crippen LogP contribution < -0.4 is 0 Å². The molecule has 0 aliphatic heterocycles. The summed E-state index contributed by atoms with van der Waals surface area (Å²) >= 11 is 0. The molecule has 1 nitrogen and oxygen atoms in total. The zero-order valence-corrected chi connectivity index (χ0v) is 9.51. The van der Waals surface area contributed by atoms with Gasteiger partial charge in [-0.25, -0.2) is 0 Å². The molecule has 1 atom stereocenters. The normalized spacial score (nSPS) is 22.3. The maximum Gasteiger partial charge on any atom is 0.155 e. The molecule has 1 heteroatoms. The van der Waals surface area contributed by atoms with E-state index in [1.54, 1.807) is 0 Å². The Morgan fingerprint density at radius 1 is 1.29 bits per heavy atom. The third-order valence-corrected chi connectivity index (χ3v) is 2.97. The minimum atomic E-state index is 0.342. The maximum atomic E-state index is 11.3. The Hall–Kier alpha value is -0.590. The van der Waals surface area contributed by atoms with E-state index in [1.165, 1.54) is 37.7 Å². The second-order valence-corrected chi connectivity index (χ2v) is 4.58. The Morgan fingerprint density at radius 3 is 2.71 bits per heavy atom. The van der Waals surface area contributed by atoms with Crippen LogP contribution in [0.4, 0.5) is 0 Å². The van der Waals surface area contributed by atoms with E-state index < -0.39 is 0 Å². The van der Waals surface area contributed by atoms with Crippen molar-refractivity contribution in [2.75, 3.05) is 0 Å². The molecule has 0 aromatic carbocycles. The van der Waals surface area contributed by atoms with Crippen molar-refractivity contribution in [3.05, 3.63) is 11.6 Å². The number of hydrogen-bond donors (Lipinski definition) is 0. The van der Waals surface area contributed by atoms with Crippen LogP contribution in [0.15, 0.2) is 11.6 Å². The average molecular weight is 194 g/mol. The molecule has 0 aromatic rings. The highest BCUT2D eigenvalue weighted by molar-refractivity contribution is 5.91. The minimum absolute atomic E-state index is 0.342. The minimum Gasteiger partial charge on any atom is -0.295 e. The molecule has 0 bridgehead atoms. The van der Waals surface area contributed by atoms with Gasteiger partial charge >= 0.3 is 0 Å². The van der Waals surface area contributed by atoms with E-state index in [2.05, 4.69) is 13.8 Å². The zero-order valence-electron chi connectivity index (χ0n) is 9.51. The van der Waals surface area contributed by atoms with Crippen molar-refractivity contribution in [3.63, 3.8) is 0 Å². The summed E-state index contributed by atoms with van der Waals surface area (Å²) < 4.78 is 0. The van der Waals surface area contributed by atoms with E-state index in [0.29, 0.717) is 11.7 Å². The van der Waals surface area contributed by atoms with Gasteiger partial charge in [-0.05, 0) is 31.8 Å². The second kappa shape index (κ2) is 6.00. The van der Waals surface area contributed by atoms with E-state index in [-0.39, 0.29) is 0 Å². The topological polar surface area (TPSA) is 17.1 Å². The number of allylic oxidation sites excluding steroid dienone is 2. The van der Waals surface area contributed by atoms with Gasteiger partial charge in [0.15, 0.2) is 5.78 Å². The highest BCUT2D eigenvalue weighted by Crippen LogP contribution is 2.26.